The van der Waals surface area contributed by atoms with Gasteiger partial charge in [-0.2, -0.15) is 0 Å². The molecular weight excluding hydrogens is 362 g/mol. The fraction of sp³-hybridized carbons (Fsp3) is 0.708. The number of carbonyl (C=O) groups excluding carboxylic acids is 1. The van der Waals surface area contributed by atoms with Crippen LogP contribution in [-0.2, 0) is 12.0 Å². The first-order valence-corrected chi connectivity index (χ1v) is 11.4. The van der Waals surface area contributed by atoms with E-state index in [1.807, 2.05) is 6.07 Å². The van der Waals surface area contributed by atoms with Crippen molar-refractivity contribution in [3.8, 4) is 0 Å². The molecule has 0 radical (unpaired) electrons. The number of carbonyl (C=O) groups is 1. The largest absolute Gasteiger partial charge is 0.392 e. The minimum atomic E-state index is -0.452. The first-order chi connectivity index (χ1) is 13.9. The van der Waals surface area contributed by atoms with Crippen molar-refractivity contribution in [3.05, 3.63) is 34.9 Å². The molecule has 0 bridgehead atoms. The number of rotatable bonds is 9. The number of likely N-dealkylation sites (tertiary alicyclic amines) is 1. The van der Waals surface area contributed by atoms with Crippen molar-refractivity contribution in [1.29, 1.82) is 0 Å². The van der Waals surface area contributed by atoms with Gasteiger partial charge in [0.25, 0.3) is 0 Å². The Balaban J connectivity index is 1.98. The Hall–Kier alpha value is -1.59. The Morgan fingerprint density at radius 1 is 1.38 bits per heavy atom. The average molecular weight is 402 g/mol. The van der Waals surface area contributed by atoms with Crippen molar-refractivity contribution in [3.63, 3.8) is 0 Å². The van der Waals surface area contributed by atoms with Crippen molar-refractivity contribution in [1.82, 2.24) is 10.2 Å². The Morgan fingerprint density at radius 2 is 2.14 bits per heavy atom. The molecule has 4 N–H and O–H groups in total. The number of aliphatic hydroxyl groups is 1. The second-order valence-corrected chi connectivity index (χ2v) is 9.33. The zero-order valence-corrected chi connectivity index (χ0v) is 18.4. The lowest BCUT2D eigenvalue weighted by Crippen LogP contribution is -2.56. The van der Waals surface area contributed by atoms with Crippen LogP contribution >= 0.6 is 0 Å². The lowest BCUT2D eigenvalue weighted by molar-refractivity contribution is 0.0221. The van der Waals surface area contributed by atoms with Gasteiger partial charge in [-0.15, -0.1) is 0 Å². The standard InChI is InChI=1S/C24H39N3O2/c1-4-5-21-18(3)27(15-19-8-9-19)13-11-24(21,10-12-26-23(25)29)22-14-20(16-28)7-6-17(22)2/h6-7,14,18-19,21,28H,4-5,8-13,15-16H2,1-3H3,(H3,25,26,29). The van der Waals surface area contributed by atoms with E-state index in [0.29, 0.717) is 18.5 Å². The molecule has 3 atom stereocenters. The molecule has 1 aromatic rings. The van der Waals surface area contributed by atoms with Crippen LogP contribution in [0, 0.1) is 18.8 Å². The number of nitrogens with zero attached hydrogens (tertiary/aromatic N) is 1. The number of aryl methyl sites for hydroxylation is 1. The number of nitrogens with one attached hydrogen (secondary N) is 1. The van der Waals surface area contributed by atoms with E-state index < -0.39 is 6.03 Å². The number of hydrogen-bond donors (Lipinski definition) is 3. The van der Waals surface area contributed by atoms with Crippen molar-refractivity contribution >= 4 is 6.03 Å². The molecule has 0 aromatic heterocycles. The molecule has 1 aliphatic carbocycles. The number of primary amides is 1. The number of urea groups is 1. The fourth-order valence-corrected chi connectivity index (χ4v) is 5.66. The molecule has 3 unspecified atom stereocenters. The lowest BCUT2D eigenvalue weighted by atomic mass is 9.59. The second-order valence-electron chi connectivity index (χ2n) is 9.33. The van der Waals surface area contributed by atoms with Gasteiger partial charge >= 0.3 is 6.03 Å². The van der Waals surface area contributed by atoms with Crippen molar-refractivity contribution in [2.45, 2.75) is 77.4 Å². The molecule has 162 valence electrons. The predicted molar refractivity (Wildman–Crippen MR) is 118 cm³/mol. The van der Waals surface area contributed by atoms with Gasteiger partial charge in [-0.3, -0.25) is 0 Å². The van der Waals surface area contributed by atoms with Crippen LogP contribution in [0.4, 0.5) is 4.79 Å². The van der Waals surface area contributed by atoms with Gasteiger partial charge in [-0.05, 0) is 81.0 Å². The third-order valence-corrected chi connectivity index (χ3v) is 7.39. The highest BCUT2D eigenvalue weighted by Gasteiger charge is 2.48. The Bertz CT molecular complexity index is 703. The molecule has 1 saturated heterocycles. The number of nitrogens with two attached hydrogens (primary N) is 1. The molecule has 2 fully saturated rings. The molecule has 5 heteroatoms. The van der Waals surface area contributed by atoms with Crippen LogP contribution in [0.3, 0.4) is 0 Å². The van der Waals surface area contributed by atoms with Crippen LogP contribution in [0.1, 0.15) is 69.1 Å². The minimum Gasteiger partial charge on any atom is -0.392 e. The Labute approximate surface area is 176 Å². The number of aliphatic hydroxyl groups excluding tert-OH is 1. The van der Waals surface area contributed by atoms with Crippen LogP contribution in [0.15, 0.2) is 18.2 Å². The van der Waals surface area contributed by atoms with Crippen molar-refractivity contribution in [2.75, 3.05) is 19.6 Å². The maximum atomic E-state index is 11.4. The number of hydrogen-bond acceptors (Lipinski definition) is 3. The molecule has 1 aromatic carbocycles. The van der Waals surface area contributed by atoms with Gasteiger partial charge in [0.15, 0.2) is 0 Å². The average Bonchev–Trinajstić information content (AvgIpc) is 3.51. The highest BCUT2D eigenvalue weighted by Crippen LogP contribution is 2.49. The molecule has 0 spiro atoms. The third kappa shape index (κ3) is 4.95. The first-order valence-electron chi connectivity index (χ1n) is 11.4. The quantitative estimate of drug-likeness (QED) is 0.590. The summed E-state index contributed by atoms with van der Waals surface area (Å²) < 4.78 is 0. The van der Waals surface area contributed by atoms with Gasteiger partial charge in [-0.25, -0.2) is 4.79 Å². The van der Waals surface area contributed by atoms with Gasteiger partial charge < -0.3 is 21.1 Å². The first kappa shape index (κ1) is 22.1. The van der Waals surface area contributed by atoms with E-state index in [9.17, 15) is 9.90 Å². The van der Waals surface area contributed by atoms with E-state index in [0.717, 1.165) is 37.3 Å². The summed E-state index contributed by atoms with van der Waals surface area (Å²) in [7, 11) is 0. The van der Waals surface area contributed by atoms with E-state index in [1.165, 1.54) is 36.9 Å². The van der Waals surface area contributed by atoms with Gasteiger partial charge in [0.2, 0.25) is 0 Å². The molecule has 3 rings (SSSR count). The molecule has 1 heterocycles. The van der Waals surface area contributed by atoms with Crippen LogP contribution in [0.25, 0.3) is 0 Å². The fourth-order valence-electron chi connectivity index (χ4n) is 5.66. The summed E-state index contributed by atoms with van der Waals surface area (Å²) in [5.41, 5.74) is 8.98. The molecule has 29 heavy (non-hydrogen) atoms. The van der Waals surface area contributed by atoms with Crippen molar-refractivity contribution < 1.29 is 9.90 Å². The summed E-state index contributed by atoms with van der Waals surface area (Å²) in [6.07, 6.45) is 7.06. The highest BCUT2D eigenvalue weighted by molar-refractivity contribution is 5.71. The van der Waals surface area contributed by atoms with E-state index in [1.54, 1.807) is 0 Å². The normalized spacial score (nSPS) is 27.7. The second kappa shape index (κ2) is 9.48. The third-order valence-electron chi connectivity index (χ3n) is 7.39. The van der Waals surface area contributed by atoms with Crippen LogP contribution in [0.5, 0.6) is 0 Å². The van der Waals surface area contributed by atoms with Crippen molar-refractivity contribution in [2.24, 2.45) is 17.6 Å². The summed E-state index contributed by atoms with van der Waals surface area (Å²) in [6.45, 7) is 9.84. The van der Waals surface area contributed by atoms with E-state index >= 15 is 0 Å². The zero-order valence-electron chi connectivity index (χ0n) is 18.4. The van der Waals surface area contributed by atoms with Gasteiger partial charge in [0.1, 0.15) is 0 Å². The summed E-state index contributed by atoms with van der Waals surface area (Å²) in [6, 6.07) is 6.44. The van der Waals surface area contributed by atoms with Gasteiger partial charge in [0.05, 0.1) is 6.61 Å². The van der Waals surface area contributed by atoms with Crippen LogP contribution in [0.2, 0.25) is 0 Å². The topological polar surface area (TPSA) is 78.6 Å². The van der Waals surface area contributed by atoms with Crippen LogP contribution in [-0.4, -0.2) is 41.7 Å². The summed E-state index contributed by atoms with van der Waals surface area (Å²) in [5.74, 6) is 1.41. The lowest BCUT2D eigenvalue weighted by Gasteiger charge is -2.53. The highest BCUT2D eigenvalue weighted by atomic mass is 16.3. The molecule has 1 saturated carbocycles. The zero-order chi connectivity index (χ0) is 21.0. The van der Waals surface area contributed by atoms with Gasteiger partial charge in [-0.1, -0.05) is 31.5 Å². The SMILES string of the molecule is CCCC1C(C)N(CC2CC2)CCC1(CCNC(N)=O)c1cc(CO)ccc1C. The summed E-state index contributed by atoms with van der Waals surface area (Å²) in [5, 5.41) is 12.6. The van der Waals surface area contributed by atoms with E-state index in [-0.39, 0.29) is 12.0 Å². The monoisotopic (exact) mass is 401 g/mol. The smallest absolute Gasteiger partial charge is 0.312 e. The molecule has 2 aliphatic rings. The predicted octanol–water partition coefficient (Wildman–Crippen LogP) is 3.70. The van der Waals surface area contributed by atoms with Crippen LogP contribution < -0.4 is 11.1 Å². The Morgan fingerprint density at radius 3 is 2.76 bits per heavy atom. The minimum absolute atomic E-state index is 0.00676. The molecule has 5 nitrogen and oxygen atoms in total. The maximum absolute atomic E-state index is 11.4. The van der Waals surface area contributed by atoms with E-state index in [2.05, 4.69) is 43.1 Å². The van der Waals surface area contributed by atoms with Gasteiger partial charge in [0, 0.05) is 24.5 Å². The number of benzene rings is 1. The summed E-state index contributed by atoms with van der Waals surface area (Å²) >= 11 is 0. The maximum Gasteiger partial charge on any atom is 0.312 e. The number of amides is 2. The molecular formula is C24H39N3O2. The van der Waals surface area contributed by atoms with E-state index in [4.69, 9.17) is 5.73 Å². The molecule has 1 aliphatic heterocycles. The number of piperidine rings is 1. The molecule has 2 amide bonds. The Kier molecular flexibility index (Phi) is 7.23. The summed E-state index contributed by atoms with van der Waals surface area (Å²) in [4.78, 5) is 14.1.